The van der Waals surface area contributed by atoms with Crippen molar-refractivity contribution in [1.29, 1.82) is 0 Å². The van der Waals surface area contributed by atoms with Crippen molar-refractivity contribution in [3.63, 3.8) is 0 Å². The van der Waals surface area contributed by atoms with Crippen LogP contribution < -0.4 is 14.5 Å². The summed E-state index contributed by atoms with van der Waals surface area (Å²) in [6, 6.07) is 88.6. The minimum absolute atomic E-state index is 0. The van der Waals surface area contributed by atoms with Gasteiger partial charge in [0.1, 0.15) is 5.82 Å². The molecule has 0 amide bonds. The van der Waals surface area contributed by atoms with E-state index in [4.69, 9.17) is 9.72 Å². The molecule has 0 saturated carbocycles. The largest absolute Gasteiger partial charge is 0.509 e. The Hall–Kier alpha value is -8.76. The van der Waals surface area contributed by atoms with Gasteiger partial charge in [-0.15, -0.1) is 48.3 Å². The van der Waals surface area contributed by atoms with E-state index in [0.29, 0.717) is 11.5 Å². The second-order valence-corrected chi connectivity index (χ2v) is 25.5. The molecule has 0 fully saturated rings. The smallest absolute Gasteiger partial charge is 0.135 e. The predicted molar refractivity (Wildman–Crippen MR) is 352 cm³/mol. The van der Waals surface area contributed by atoms with Crippen LogP contribution in [0.4, 0.5) is 22.7 Å². The van der Waals surface area contributed by atoms with Crippen molar-refractivity contribution in [3.8, 4) is 73.0 Å². The van der Waals surface area contributed by atoms with Gasteiger partial charge >= 0.3 is 0 Å². The Morgan fingerprint density at radius 3 is 1.66 bits per heavy atom. The summed E-state index contributed by atoms with van der Waals surface area (Å²) in [6.07, 6.45) is 2.05. The third-order valence-corrected chi connectivity index (χ3v) is 16.5. The maximum absolute atomic E-state index is 7.11. The third-order valence-electron chi connectivity index (χ3n) is 16.5. The van der Waals surface area contributed by atoms with E-state index in [2.05, 4.69) is 327 Å². The first-order chi connectivity index (χ1) is 40.4. The Balaban J connectivity index is 0.00000709. The van der Waals surface area contributed by atoms with Gasteiger partial charge in [-0.05, 0) is 109 Å². The predicted octanol–water partition coefficient (Wildman–Crippen LogP) is 21.5. The van der Waals surface area contributed by atoms with Gasteiger partial charge in [0.25, 0.3) is 0 Å². The number of benzene rings is 10. The topological polar surface area (TPSA) is 33.5 Å². The summed E-state index contributed by atoms with van der Waals surface area (Å²) in [5.41, 5.74) is 22.1. The van der Waals surface area contributed by atoms with Crippen LogP contribution in [0.25, 0.3) is 83.3 Å². The van der Waals surface area contributed by atoms with Crippen LogP contribution in [0.2, 0.25) is 0 Å². The molecule has 0 aliphatic carbocycles. The molecule has 0 unspecified atom stereocenters. The van der Waals surface area contributed by atoms with Gasteiger partial charge in [0.2, 0.25) is 0 Å². The molecule has 12 aromatic rings. The fraction of sp³-hybridized carbons (Fsp3) is 0.165. The summed E-state index contributed by atoms with van der Waals surface area (Å²) < 4.78 is 9.38. The molecule has 0 N–H and O–H groups in total. The van der Waals surface area contributed by atoms with Crippen LogP contribution in [0.15, 0.2) is 231 Å². The van der Waals surface area contributed by atoms with Crippen LogP contribution in [0.1, 0.15) is 84.6 Å². The molecule has 1 aliphatic rings. The maximum Gasteiger partial charge on any atom is 0.135 e. The van der Waals surface area contributed by atoms with Crippen LogP contribution >= 0.6 is 0 Å². The Bertz CT molecular complexity index is 4420. The summed E-state index contributed by atoms with van der Waals surface area (Å²) in [4.78, 5) is 9.90. The van der Waals surface area contributed by atoms with E-state index in [0.717, 1.165) is 94.9 Å². The first-order valence-electron chi connectivity index (χ1n) is 29.3. The second kappa shape index (κ2) is 22.3. The summed E-state index contributed by atoms with van der Waals surface area (Å²) in [5, 5.41) is 2.20. The number of hydrogen-bond donors (Lipinski definition) is 0. The Morgan fingerprint density at radius 2 is 0.988 bits per heavy atom. The zero-order valence-corrected chi connectivity index (χ0v) is 52.3. The SMILES string of the molecule is Cc1ccc(-c2cnc(-n3c4[c-]c(Oc5[c-]c(N6[CH-]N(c7c(-c8ccc(C(C)(C)C)cc8)cccc7-c7cccc(-c8ccccc8)c7)c7ccccc76)ccc5)cc(-c5ccc(C(C)(C)C)cc5)c4c4ccccc43)cc2C(C)(C)C)cc1.[Pt]. The third kappa shape index (κ3) is 10.9. The summed E-state index contributed by atoms with van der Waals surface area (Å²) in [7, 11) is 0. The van der Waals surface area contributed by atoms with Gasteiger partial charge in [0.15, 0.2) is 0 Å². The second-order valence-electron chi connectivity index (χ2n) is 25.5. The van der Waals surface area contributed by atoms with Crippen molar-refractivity contribution in [3.05, 3.63) is 272 Å². The van der Waals surface area contributed by atoms with E-state index in [1.54, 1.807) is 0 Å². The number of anilines is 4. The molecule has 424 valence electrons. The monoisotopic (exact) mass is 1280 g/mol. The summed E-state index contributed by atoms with van der Waals surface area (Å²) in [5.74, 6) is 1.96. The zero-order valence-electron chi connectivity index (χ0n) is 50.0. The number of aryl methyl sites for hydroxylation is 1. The van der Waals surface area contributed by atoms with Crippen LogP contribution in [0.3, 0.4) is 0 Å². The Kier molecular flexibility index (Phi) is 14.9. The molecule has 10 aromatic carbocycles. The number of fused-ring (bicyclic) bond motifs is 4. The zero-order chi connectivity index (χ0) is 58.1. The van der Waals surface area contributed by atoms with Crippen LogP contribution in [-0.2, 0) is 37.3 Å². The number of pyridine rings is 1. The summed E-state index contributed by atoms with van der Waals surface area (Å²) >= 11 is 0. The van der Waals surface area contributed by atoms with E-state index < -0.39 is 0 Å². The van der Waals surface area contributed by atoms with Gasteiger partial charge < -0.3 is 19.1 Å². The number of aromatic nitrogens is 2. The van der Waals surface area contributed by atoms with Gasteiger partial charge in [-0.1, -0.05) is 249 Å². The molecule has 85 heavy (non-hydrogen) atoms. The van der Waals surface area contributed by atoms with Crippen LogP contribution in [0, 0.1) is 25.7 Å². The number of nitrogens with zero attached hydrogens (tertiary/aromatic N) is 4. The Labute approximate surface area is 516 Å². The van der Waals surface area contributed by atoms with Crippen molar-refractivity contribution < 1.29 is 25.8 Å². The minimum Gasteiger partial charge on any atom is -0.509 e. The van der Waals surface area contributed by atoms with Gasteiger partial charge in [-0.25, -0.2) is 4.98 Å². The molecule has 5 nitrogen and oxygen atoms in total. The molecule has 1 aliphatic heterocycles. The van der Waals surface area contributed by atoms with Crippen molar-refractivity contribution in [2.75, 3.05) is 9.80 Å². The number of para-hydroxylation sites is 4. The maximum atomic E-state index is 7.11. The first kappa shape index (κ1) is 56.7. The van der Waals surface area contributed by atoms with E-state index in [9.17, 15) is 0 Å². The van der Waals surface area contributed by atoms with Crippen LogP contribution in [0.5, 0.6) is 11.5 Å². The van der Waals surface area contributed by atoms with Crippen LogP contribution in [-0.4, -0.2) is 9.55 Å². The van der Waals surface area contributed by atoms with Crippen molar-refractivity contribution >= 4 is 44.6 Å². The van der Waals surface area contributed by atoms with E-state index in [1.807, 2.05) is 6.07 Å². The van der Waals surface area contributed by atoms with E-state index >= 15 is 0 Å². The molecule has 0 bridgehead atoms. The van der Waals surface area contributed by atoms with E-state index in [1.165, 1.54) is 33.4 Å². The van der Waals surface area contributed by atoms with Gasteiger partial charge in [-0.2, -0.15) is 6.07 Å². The molecule has 3 heterocycles. The van der Waals surface area contributed by atoms with E-state index in [-0.39, 0.29) is 37.3 Å². The molecule has 13 rings (SSSR count). The summed E-state index contributed by atoms with van der Waals surface area (Å²) in [6.45, 7) is 24.8. The fourth-order valence-electron chi connectivity index (χ4n) is 12.0. The average Bonchev–Trinajstić information content (AvgIpc) is 1.90. The molecule has 2 aromatic heterocycles. The first-order valence-corrected chi connectivity index (χ1v) is 29.3. The fourth-order valence-corrected chi connectivity index (χ4v) is 12.0. The van der Waals surface area contributed by atoms with Crippen molar-refractivity contribution in [2.24, 2.45) is 0 Å². The normalized spacial score (nSPS) is 12.6. The number of hydrogen-bond acceptors (Lipinski definition) is 4. The molecular weight excluding hydrogens is 1220 g/mol. The van der Waals surface area contributed by atoms with Gasteiger partial charge in [0, 0.05) is 78.0 Å². The quantitative estimate of drug-likeness (QED) is 0.128. The molecule has 6 heteroatoms. The molecule has 0 atom stereocenters. The standard InChI is InChI=1S/C79H69N4O.Pt/c1-52-33-35-56(36-34-52)68-50-80-74(49-69(68)79(8,9)10)83-70-30-15-14-27-66(70)75-67(55-39-43-60(44-40-55)78(5,6)7)47-63(48-73(75)83)84-62-26-19-25-61(46-62)81-51-82(72-32-17-16-31-71(72)81)76-64(54-37-41-59(42-38-54)77(2,3)4)28-20-29-65(76)58-24-18-23-57(45-58)53-21-12-11-13-22-53;/h11-45,47,49-51H,1-10H3;/q-3;. The number of ether oxygens (including phenoxy) is 1. The van der Waals surface area contributed by atoms with Crippen molar-refractivity contribution in [2.45, 2.75) is 85.5 Å². The number of rotatable bonds is 10. The van der Waals surface area contributed by atoms with Gasteiger partial charge in [-0.3, -0.25) is 0 Å². The average molecular weight is 1290 g/mol. The molecule has 0 saturated heterocycles. The van der Waals surface area contributed by atoms with Gasteiger partial charge in [0.05, 0.1) is 0 Å². The molecule has 0 radical (unpaired) electrons. The van der Waals surface area contributed by atoms with Crippen molar-refractivity contribution in [1.82, 2.24) is 9.55 Å². The Morgan fingerprint density at radius 1 is 0.435 bits per heavy atom. The molecular formula is C79H69N4OPt-3. The minimum atomic E-state index is -0.182. The molecule has 0 spiro atoms.